The molecular weight excluding hydrogens is 246 g/mol. The first kappa shape index (κ1) is 13.5. The van der Waals surface area contributed by atoms with Gasteiger partial charge in [0, 0.05) is 18.2 Å². The number of hydrogen-bond acceptors (Lipinski definition) is 5. The van der Waals surface area contributed by atoms with E-state index in [1.165, 1.54) is 0 Å². The molecule has 1 aromatic rings. The number of carbonyl (C=O) groups is 1. The predicted molar refractivity (Wildman–Crippen MR) is 71.8 cm³/mol. The molecule has 0 bridgehead atoms. The van der Waals surface area contributed by atoms with Crippen LogP contribution in [0.15, 0.2) is 18.2 Å². The van der Waals surface area contributed by atoms with Crippen LogP contribution in [0.4, 0.5) is 5.69 Å². The van der Waals surface area contributed by atoms with Crippen LogP contribution >= 0.6 is 0 Å². The third-order valence-electron chi connectivity index (χ3n) is 2.55. The van der Waals surface area contributed by atoms with Crippen LogP contribution in [-0.4, -0.2) is 31.8 Å². The van der Waals surface area contributed by atoms with Crippen molar-refractivity contribution in [1.29, 1.82) is 0 Å². The molecule has 0 atom stereocenters. The van der Waals surface area contributed by atoms with Crippen molar-refractivity contribution in [3.63, 3.8) is 0 Å². The molecule has 1 aromatic carbocycles. The monoisotopic (exact) mass is 265 g/mol. The molecule has 0 saturated heterocycles. The SMILES string of the molecule is CC(C)OC(=O)CNc1ccc2c(c1)OCCCO2. The van der Waals surface area contributed by atoms with Crippen LogP contribution in [0.2, 0.25) is 0 Å². The zero-order chi connectivity index (χ0) is 13.7. The molecule has 5 heteroatoms. The summed E-state index contributed by atoms with van der Waals surface area (Å²) >= 11 is 0. The minimum atomic E-state index is -0.276. The first-order valence-electron chi connectivity index (χ1n) is 6.48. The Morgan fingerprint density at radius 1 is 1.32 bits per heavy atom. The number of esters is 1. The second-order valence-electron chi connectivity index (χ2n) is 4.60. The molecule has 5 nitrogen and oxygen atoms in total. The van der Waals surface area contributed by atoms with E-state index in [1.807, 2.05) is 32.0 Å². The van der Waals surface area contributed by atoms with E-state index < -0.39 is 0 Å². The van der Waals surface area contributed by atoms with Crippen molar-refractivity contribution in [3.8, 4) is 11.5 Å². The van der Waals surface area contributed by atoms with Crippen LogP contribution in [0.1, 0.15) is 20.3 Å². The van der Waals surface area contributed by atoms with Crippen molar-refractivity contribution < 1.29 is 19.0 Å². The van der Waals surface area contributed by atoms with Gasteiger partial charge in [-0.15, -0.1) is 0 Å². The Bertz CT molecular complexity index is 445. The van der Waals surface area contributed by atoms with Crippen molar-refractivity contribution >= 4 is 11.7 Å². The lowest BCUT2D eigenvalue weighted by Gasteiger charge is -2.12. The molecule has 0 amide bonds. The molecule has 0 unspecified atom stereocenters. The van der Waals surface area contributed by atoms with Gasteiger partial charge in [0.2, 0.25) is 0 Å². The number of nitrogens with one attached hydrogen (secondary N) is 1. The maximum atomic E-state index is 11.4. The van der Waals surface area contributed by atoms with Crippen LogP contribution in [0.3, 0.4) is 0 Å². The molecule has 0 fully saturated rings. The Kier molecular flexibility index (Phi) is 4.49. The molecule has 0 aromatic heterocycles. The molecule has 0 saturated carbocycles. The average molecular weight is 265 g/mol. The van der Waals surface area contributed by atoms with E-state index in [2.05, 4.69) is 5.32 Å². The summed E-state index contributed by atoms with van der Waals surface area (Å²) in [7, 11) is 0. The number of ether oxygens (including phenoxy) is 3. The van der Waals surface area contributed by atoms with Crippen molar-refractivity contribution in [2.45, 2.75) is 26.4 Å². The summed E-state index contributed by atoms with van der Waals surface area (Å²) in [4.78, 5) is 11.4. The van der Waals surface area contributed by atoms with E-state index in [0.717, 1.165) is 17.9 Å². The lowest BCUT2D eigenvalue weighted by molar-refractivity contribution is -0.145. The lowest BCUT2D eigenvalue weighted by atomic mass is 10.2. The van der Waals surface area contributed by atoms with Crippen LogP contribution in [0.25, 0.3) is 0 Å². The first-order valence-corrected chi connectivity index (χ1v) is 6.48. The standard InChI is InChI=1S/C14H19NO4/c1-10(2)19-14(16)9-15-11-4-5-12-13(8-11)18-7-3-6-17-12/h4-5,8,10,15H,3,6-7,9H2,1-2H3. The van der Waals surface area contributed by atoms with E-state index in [1.54, 1.807) is 0 Å². The Labute approximate surface area is 112 Å². The molecule has 1 heterocycles. The predicted octanol–water partition coefficient (Wildman–Crippen LogP) is 2.21. The number of rotatable bonds is 4. The Morgan fingerprint density at radius 2 is 2.05 bits per heavy atom. The largest absolute Gasteiger partial charge is 0.490 e. The van der Waals surface area contributed by atoms with Gasteiger partial charge in [0.1, 0.15) is 6.54 Å². The van der Waals surface area contributed by atoms with Gasteiger partial charge in [0.05, 0.1) is 19.3 Å². The van der Waals surface area contributed by atoms with Gasteiger partial charge in [-0.3, -0.25) is 4.79 Å². The van der Waals surface area contributed by atoms with E-state index in [0.29, 0.717) is 19.0 Å². The summed E-state index contributed by atoms with van der Waals surface area (Å²) in [5, 5.41) is 3.01. The van der Waals surface area contributed by atoms with Gasteiger partial charge < -0.3 is 19.5 Å². The first-order chi connectivity index (χ1) is 9.15. The highest BCUT2D eigenvalue weighted by molar-refractivity contribution is 5.75. The highest BCUT2D eigenvalue weighted by atomic mass is 16.5. The third kappa shape index (κ3) is 4.05. The minimum Gasteiger partial charge on any atom is -0.490 e. The molecule has 0 radical (unpaired) electrons. The van der Waals surface area contributed by atoms with Crippen molar-refractivity contribution in [1.82, 2.24) is 0 Å². The second kappa shape index (κ2) is 6.31. The molecule has 1 aliphatic rings. The van der Waals surface area contributed by atoms with Gasteiger partial charge in [0.25, 0.3) is 0 Å². The quantitative estimate of drug-likeness (QED) is 0.846. The molecule has 2 rings (SSSR count). The fourth-order valence-electron chi connectivity index (χ4n) is 1.75. The number of fused-ring (bicyclic) bond motifs is 1. The van der Waals surface area contributed by atoms with Gasteiger partial charge in [-0.25, -0.2) is 0 Å². The molecular formula is C14H19NO4. The third-order valence-corrected chi connectivity index (χ3v) is 2.55. The summed E-state index contributed by atoms with van der Waals surface area (Å²) in [6.45, 7) is 5.10. The van der Waals surface area contributed by atoms with Crippen LogP contribution in [-0.2, 0) is 9.53 Å². The maximum absolute atomic E-state index is 11.4. The molecule has 1 aliphatic heterocycles. The van der Waals surface area contributed by atoms with E-state index in [-0.39, 0.29) is 18.6 Å². The smallest absolute Gasteiger partial charge is 0.325 e. The Hall–Kier alpha value is -1.91. The normalized spacial score (nSPS) is 13.8. The molecule has 1 N–H and O–H groups in total. The van der Waals surface area contributed by atoms with Crippen molar-refractivity contribution in [3.05, 3.63) is 18.2 Å². The van der Waals surface area contributed by atoms with Crippen LogP contribution in [0, 0.1) is 0 Å². The minimum absolute atomic E-state index is 0.0990. The summed E-state index contributed by atoms with van der Waals surface area (Å²) in [5.41, 5.74) is 0.810. The number of carbonyl (C=O) groups excluding carboxylic acids is 1. The fraction of sp³-hybridized carbons (Fsp3) is 0.500. The van der Waals surface area contributed by atoms with Crippen molar-refractivity contribution in [2.75, 3.05) is 25.1 Å². The Balaban J connectivity index is 1.94. The van der Waals surface area contributed by atoms with E-state index >= 15 is 0 Å². The van der Waals surface area contributed by atoms with Gasteiger partial charge in [-0.1, -0.05) is 0 Å². The average Bonchev–Trinajstić information content (AvgIpc) is 2.60. The lowest BCUT2D eigenvalue weighted by Crippen LogP contribution is -2.20. The molecule has 19 heavy (non-hydrogen) atoms. The Morgan fingerprint density at radius 3 is 2.79 bits per heavy atom. The van der Waals surface area contributed by atoms with E-state index in [9.17, 15) is 4.79 Å². The molecule has 104 valence electrons. The van der Waals surface area contributed by atoms with Crippen LogP contribution in [0.5, 0.6) is 11.5 Å². The topological polar surface area (TPSA) is 56.8 Å². The zero-order valence-corrected chi connectivity index (χ0v) is 11.3. The summed E-state index contributed by atoms with van der Waals surface area (Å²) < 4.78 is 16.2. The molecule has 0 spiro atoms. The maximum Gasteiger partial charge on any atom is 0.325 e. The zero-order valence-electron chi connectivity index (χ0n) is 11.3. The molecule has 0 aliphatic carbocycles. The summed E-state index contributed by atoms with van der Waals surface area (Å²) in [6, 6.07) is 5.54. The van der Waals surface area contributed by atoms with Crippen LogP contribution < -0.4 is 14.8 Å². The number of hydrogen-bond donors (Lipinski definition) is 1. The summed E-state index contributed by atoms with van der Waals surface area (Å²) in [5.74, 6) is 1.18. The summed E-state index contributed by atoms with van der Waals surface area (Å²) in [6.07, 6.45) is 0.774. The highest BCUT2D eigenvalue weighted by Crippen LogP contribution is 2.32. The highest BCUT2D eigenvalue weighted by Gasteiger charge is 2.11. The number of benzene rings is 1. The van der Waals surface area contributed by atoms with Gasteiger partial charge in [0.15, 0.2) is 11.5 Å². The second-order valence-corrected chi connectivity index (χ2v) is 4.60. The van der Waals surface area contributed by atoms with Gasteiger partial charge in [-0.2, -0.15) is 0 Å². The van der Waals surface area contributed by atoms with E-state index in [4.69, 9.17) is 14.2 Å². The fourth-order valence-corrected chi connectivity index (χ4v) is 1.75. The van der Waals surface area contributed by atoms with Crippen molar-refractivity contribution in [2.24, 2.45) is 0 Å². The number of anilines is 1. The van der Waals surface area contributed by atoms with Gasteiger partial charge in [-0.05, 0) is 26.0 Å². The van der Waals surface area contributed by atoms with Gasteiger partial charge >= 0.3 is 5.97 Å².